The maximum atomic E-state index is 13.7. The van der Waals surface area contributed by atoms with Crippen LogP contribution in [0, 0.1) is 5.82 Å². The molecule has 0 aliphatic rings. The Balaban J connectivity index is 1.50. The Morgan fingerprint density at radius 1 is 1.12 bits per heavy atom. The molecule has 0 bridgehead atoms. The molecule has 0 unspecified atom stereocenters. The van der Waals surface area contributed by atoms with Crippen molar-refractivity contribution < 1.29 is 4.39 Å². The van der Waals surface area contributed by atoms with Crippen LogP contribution in [0.15, 0.2) is 53.5 Å². The number of halogens is 1. The average Bonchev–Trinajstić information content (AvgIpc) is 3.07. The number of hydrogen-bond acceptors (Lipinski definition) is 2. The molecular formula is C20H24FN5. The average molecular weight is 353 g/mol. The molecule has 3 N–H and O–H groups in total. The highest BCUT2D eigenvalue weighted by Crippen LogP contribution is 2.11. The zero-order valence-electron chi connectivity index (χ0n) is 14.9. The predicted molar refractivity (Wildman–Crippen MR) is 104 cm³/mol. The second kappa shape index (κ2) is 8.99. The number of hydrogen-bond donors (Lipinski definition) is 3. The van der Waals surface area contributed by atoms with Crippen LogP contribution in [-0.4, -0.2) is 29.0 Å². The number of H-pyrrole nitrogens is 1. The van der Waals surface area contributed by atoms with Crippen molar-refractivity contribution in [1.29, 1.82) is 0 Å². The van der Waals surface area contributed by atoms with E-state index < -0.39 is 0 Å². The summed E-state index contributed by atoms with van der Waals surface area (Å²) < 4.78 is 13.7. The number of imidazole rings is 1. The fraction of sp³-hybridized carbons (Fsp3) is 0.300. The van der Waals surface area contributed by atoms with Crippen molar-refractivity contribution in [1.82, 2.24) is 20.6 Å². The number of aliphatic imine (C=N–C) groups is 1. The number of aryl methyl sites for hydroxylation is 1. The summed E-state index contributed by atoms with van der Waals surface area (Å²) in [5.74, 6) is 1.46. The fourth-order valence-corrected chi connectivity index (χ4v) is 2.72. The van der Waals surface area contributed by atoms with Crippen LogP contribution < -0.4 is 10.6 Å². The molecule has 0 aliphatic heterocycles. The molecule has 0 saturated heterocycles. The zero-order chi connectivity index (χ0) is 18.2. The summed E-state index contributed by atoms with van der Waals surface area (Å²) in [5, 5.41) is 6.47. The molecule has 0 spiro atoms. The van der Waals surface area contributed by atoms with E-state index in [2.05, 4.69) is 25.6 Å². The Hall–Kier alpha value is -2.89. The van der Waals surface area contributed by atoms with E-state index in [4.69, 9.17) is 0 Å². The van der Waals surface area contributed by atoms with E-state index in [1.54, 1.807) is 12.1 Å². The molecular weight excluding hydrogens is 329 g/mol. The minimum absolute atomic E-state index is 0.225. The topological polar surface area (TPSA) is 65.1 Å². The summed E-state index contributed by atoms with van der Waals surface area (Å²) in [6, 6.07) is 14.7. The van der Waals surface area contributed by atoms with Crippen LogP contribution in [0.4, 0.5) is 4.39 Å². The monoisotopic (exact) mass is 353 g/mol. The van der Waals surface area contributed by atoms with Crippen LogP contribution in [0.5, 0.6) is 0 Å². The first-order valence-corrected chi connectivity index (χ1v) is 8.95. The highest BCUT2D eigenvalue weighted by Gasteiger charge is 2.03. The summed E-state index contributed by atoms with van der Waals surface area (Å²) >= 11 is 0. The lowest BCUT2D eigenvalue weighted by atomic mass is 10.2. The molecule has 3 rings (SSSR count). The summed E-state index contributed by atoms with van der Waals surface area (Å²) in [4.78, 5) is 12.4. The van der Waals surface area contributed by atoms with Crippen molar-refractivity contribution >= 4 is 17.0 Å². The molecule has 3 aromatic rings. The first kappa shape index (κ1) is 17.9. The van der Waals surface area contributed by atoms with Gasteiger partial charge >= 0.3 is 0 Å². The number of para-hydroxylation sites is 2. The van der Waals surface area contributed by atoms with E-state index in [9.17, 15) is 4.39 Å². The summed E-state index contributed by atoms with van der Waals surface area (Å²) in [6.07, 6.45) is 1.78. The van der Waals surface area contributed by atoms with Gasteiger partial charge in [-0.3, -0.25) is 0 Å². The number of fused-ring (bicyclic) bond motifs is 1. The molecule has 26 heavy (non-hydrogen) atoms. The third-order valence-corrected chi connectivity index (χ3v) is 4.03. The summed E-state index contributed by atoms with van der Waals surface area (Å²) in [5.41, 5.74) is 2.65. The molecule has 6 heteroatoms. The van der Waals surface area contributed by atoms with E-state index in [1.165, 1.54) is 6.07 Å². The van der Waals surface area contributed by atoms with Gasteiger partial charge in [-0.05, 0) is 31.5 Å². The first-order valence-electron chi connectivity index (χ1n) is 8.95. The highest BCUT2D eigenvalue weighted by molar-refractivity contribution is 5.79. The number of benzene rings is 2. The first-order chi connectivity index (χ1) is 12.8. The van der Waals surface area contributed by atoms with Gasteiger partial charge in [-0.15, -0.1) is 0 Å². The molecule has 5 nitrogen and oxygen atoms in total. The van der Waals surface area contributed by atoms with E-state index >= 15 is 0 Å². The Kier molecular flexibility index (Phi) is 6.19. The van der Waals surface area contributed by atoms with Crippen LogP contribution >= 0.6 is 0 Å². The molecule has 0 atom stereocenters. The molecule has 0 radical (unpaired) electrons. The second-order valence-electron chi connectivity index (χ2n) is 6.02. The van der Waals surface area contributed by atoms with Gasteiger partial charge < -0.3 is 15.6 Å². The lowest BCUT2D eigenvalue weighted by molar-refractivity contribution is 0.610. The van der Waals surface area contributed by atoms with Gasteiger partial charge in [0, 0.05) is 25.1 Å². The molecule has 2 aromatic carbocycles. The molecule has 0 saturated carbocycles. The van der Waals surface area contributed by atoms with Gasteiger partial charge in [0.25, 0.3) is 0 Å². The van der Waals surface area contributed by atoms with E-state index in [-0.39, 0.29) is 5.82 Å². The maximum Gasteiger partial charge on any atom is 0.191 e. The summed E-state index contributed by atoms with van der Waals surface area (Å²) in [6.45, 7) is 3.84. The molecule has 0 aliphatic carbocycles. The molecule has 136 valence electrons. The Labute approximate surface area is 152 Å². The van der Waals surface area contributed by atoms with E-state index in [0.29, 0.717) is 18.1 Å². The Morgan fingerprint density at radius 3 is 2.73 bits per heavy atom. The summed E-state index contributed by atoms with van der Waals surface area (Å²) in [7, 11) is 0. The minimum atomic E-state index is -0.225. The van der Waals surface area contributed by atoms with Gasteiger partial charge in [-0.1, -0.05) is 30.3 Å². The Bertz CT molecular complexity index is 838. The number of nitrogens with zero attached hydrogens (tertiary/aromatic N) is 2. The third kappa shape index (κ3) is 4.81. The zero-order valence-corrected chi connectivity index (χ0v) is 14.9. The lowest BCUT2D eigenvalue weighted by Gasteiger charge is -2.11. The maximum absolute atomic E-state index is 13.7. The molecule has 1 heterocycles. The number of rotatable bonds is 7. The lowest BCUT2D eigenvalue weighted by Crippen LogP contribution is -2.37. The van der Waals surface area contributed by atoms with Crippen molar-refractivity contribution in [2.75, 3.05) is 13.1 Å². The van der Waals surface area contributed by atoms with Crippen molar-refractivity contribution in [3.63, 3.8) is 0 Å². The van der Waals surface area contributed by atoms with Crippen LogP contribution in [0.3, 0.4) is 0 Å². The minimum Gasteiger partial charge on any atom is -0.357 e. The van der Waals surface area contributed by atoms with Gasteiger partial charge in [0.1, 0.15) is 11.6 Å². The van der Waals surface area contributed by atoms with Crippen LogP contribution in [-0.2, 0) is 13.0 Å². The normalized spacial score (nSPS) is 11.7. The highest BCUT2D eigenvalue weighted by atomic mass is 19.1. The van der Waals surface area contributed by atoms with E-state index in [0.717, 1.165) is 42.8 Å². The SMILES string of the molecule is CCNC(=NCc1ccccc1F)NCCCc1nc2ccccc2[nH]1. The second-order valence-corrected chi connectivity index (χ2v) is 6.02. The third-order valence-electron chi connectivity index (χ3n) is 4.03. The van der Waals surface area contributed by atoms with E-state index in [1.807, 2.05) is 37.3 Å². The van der Waals surface area contributed by atoms with Crippen LogP contribution in [0.1, 0.15) is 24.7 Å². The van der Waals surface area contributed by atoms with Crippen molar-refractivity contribution in [2.45, 2.75) is 26.3 Å². The standard InChI is InChI=1S/C20H24FN5/c1-2-22-20(24-14-15-8-3-4-9-16(15)21)23-13-7-12-19-25-17-10-5-6-11-18(17)26-19/h3-6,8-11H,2,7,12-14H2,1H3,(H,25,26)(H2,22,23,24). The van der Waals surface area contributed by atoms with Gasteiger partial charge in [-0.2, -0.15) is 0 Å². The largest absolute Gasteiger partial charge is 0.357 e. The molecule has 0 fully saturated rings. The van der Waals surface area contributed by atoms with Crippen LogP contribution in [0.2, 0.25) is 0 Å². The quantitative estimate of drug-likeness (QED) is 0.347. The number of aromatic amines is 1. The van der Waals surface area contributed by atoms with Crippen molar-refractivity contribution in [2.24, 2.45) is 4.99 Å². The number of guanidine groups is 1. The number of nitrogens with one attached hydrogen (secondary N) is 3. The van der Waals surface area contributed by atoms with Crippen LogP contribution in [0.25, 0.3) is 11.0 Å². The van der Waals surface area contributed by atoms with Gasteiger partial charge in [0.05, 0.1) is 17.6 Å². The number of aromatic nitrogens is 2. The van der Waals surface area contributed by atoms with Gasteiger partial charge in [0.15, 0.2) is 5.96 Å². The van der Waals surface area contributed by atoms with Gasteiger partial charge in [-0.25, -0.2) is 14.4 Å². The van der Waals surface area contributed by atoms with Crippen molar-refractivity contribution in [3.05, 3.63) is 65.7 Å². The Morgan fingerprint density at radius 2 is 1.92 bits per heavy atom. The predicted octanol–water partition coefficient (Wildman–Crippen LogP) is 3.39. The fourth-order valence-electron chi connectivity index (χ4n) is 2.72. The molecule has 0 amide bonds. The smallest absolute Gasteiger partial charge is 0.191 e. The molecule has 1 aromatic heterocycles. The van der Waals surface area contributed by atoms with Crippen molar-refractivity contribution in [3.8, 4) is 0 Å². The van der Waals surface area contributed by atoms with Gasteiger partial charge in [0.2, 0.25) is 0 Å².